The molecule has 1 saturated heterocycles. The van der Waals surface area contributed by atoms with Gasteiger partial charge in [0, 0.05) is 23.6 Å². The first-order valence-electron chi connectivity index (χ1n) is 8.87. The molecule has 0 radical (unpaired) electrons. The lowest BCUT2D eigenvalue weighted by molar-refractivity contribution is -0.858. The van der Waals surface area contributed by atoms with Crippen molar-refractivity contribution in [1.29, 1.82) is 0 Å². The zero-order valence-electron chi connectivity index (χ0n) is 15.3. The average molecular weight is 390 g/mol. The molecule has 2 aromatic rings. The summed E-state index contributed by atoms with van der Waals surface area (Å²) < 4.78 is 5.48. The maximum atomic E-state index is 13.1. The highest BCUT2D eigenvalue weighted by Gasteiger charge is 2.52. The van der Waals surface area contributed by atoms with E-state index in [1.807, 2.05) is 14.1 Å². The highest BCUT2D eigenvalue weighted by Crippen LogP contribution is 2.38. The molecule has 0 saturated carbocycles. The number of quaternary nitrogens is 1. The van der Waals surface area contributed by atoms with Crippen LogP contribution in [0.25, 0.3) is 0 Å². The van der Waals surface area contributed by atoms with E-state index in [0.29, 0.717) is 22.9 Å². The summed E-state index contributed by atoms with van der Waals surface area (Å²) in [5.41, 5.74) is 0.349. The number of rotatable bonds is 7. The van der Waals surface area contributed by atoms with Gasteiger partial charge in [0.15, 0.2) is 5.78 Å². The number of hydrogen-bond donors (Lipinski definition) is 1. The van der Waals surface area contributed by atoms with E-state index < -0.39 is 29.4 Å². The van der Waals surface area contributed by atoms with Gasteiger partial charge in [0.2, 0.25) is 5.78 Å². The predicted octanol–water partition coefficient (Wildman–Crippen LogP) is 1.42. The second kappa shape index (κ2) is 8.06. The first kappa shape index (κ1) is 19.3. The number of ketones is 2. The average Bonchev–Trinajstić information content (AvgIpc) is 3.24. The molecule has 142 valence electrons. The van der Waals surface area contributed by atoms with Crippen molar-refractivity contribution >= 4 is 29.1 Å². The monoisotopic (exact) mass is 389 g/mol. The van der Waals surface area contributed by atoms with Crippen LogP contribution in [0.1, 0.15) is 28.6 Å². The molecule has 1 N–H and O–H groups in total. The van der Waals surface area contributed by atoms with Gasteiger partial charge in [-0.2, -0.15) is 0 Å². The minimum Gasteiger partial charge on any atom is -0.467 e. The van der Waals surface area contributed by atoms with Crippen LogP contribution in [0.3, 0.4) is 0 Å². The van der Waals surface area contributed by atoms with E-state index in [1.54, 1.807) is 36.4 Å². The Kier molecular flexibility index (Phi) is 5.77. The van der Waals surface area contributed by atoms with Gasteiger partial charge in [-0.3, -0.25) is 14.4 Å². The van der Waals surface area contributed by atoms with Crippen molar-refractivity contribution in [1.82, 2.24) is 4.90 Å². The second-order valence-electron chi connectivity index (χ2n) is 6.98. The van der Waals surface area contributed by atoms with Crippen molar-refractivity contribution in [2.45, 2.75) is 12.5 Å². The number of carbonyl (C=O) groups is 3. The summed E-state index contributed by atoms with van der Waals surface area (Å²) in [5, 5.41) is 0.496. The lowest BCUT2D eigenvalue weighted by Crippen LogP contribution is -3.05. The Labute approximate surface area is 162 Å². The van der Waals surface area contributed by atoms with E-state index in [-0.39, 0.29) is 0 Å². The largest absolute Gasteiger partial charge is 0.467 e. The highest BCUT2D eigenvalue weighted by atomic mass is 35.5. The lowest BCUT2D eigenvalue weighted by atomic mass is 9.89. The summed E-state index contributed by atoms with van der Waals surface area (Å²) >= 11 is 5.89. The van der Waals surface area contributed by atoms with Gasteiger partial charge >= 0.3 is 0 Å². The Balaban J connectivity index is 1.93. The standard InChI is InChI=1S/C20H21ClN2O4/c1-22(2)10-4-11-23-17(15-5-3-12-27-15)16(19(25)20(23)26)18(24)13-6-8-14(21)9-7-13/h3,5-9,12,16-17H,4,10-11H2,1-2H3/p+1. The number of carbonyl (C=O) groups excluding carboxylic acids is 3. The third-order valence-corrected chi connectivity index (χ3v) is 4.98. The molecule has 27 heavy (non-hydrogen) atoms. The number of halogens is 1. The number of nitrogens with zero attached hydrogens (tertiary/aromatic N) is 1. The maximum Gasteiger partial charge on any atom is 0.291 e. The molecule has 2 unspecified atom stereocenters. The van der Waals surface area contributed by atoms with E-state index in [9.17, 15) is 14.4 Å². The second-order valence-corrected chi connectivity index (χ2v) is 7.42. The third-order valence-electron chi connectivity index (χ3n) is 4.73. The van der Waals surface area contributed by atoms with Crippen LogP contribution in [0.5, 0.6) is 0 Å². The number of benzene rings is 1. The van der Waals surface area contributed by atoms with Crippen molar-refractivity contribution in [3.05, 3.63) is 59.0 Å². The number of Topliss-reactive ketones (excluding diaryl/α,β-unsaturated/α-hetero) is 2. The van der Waals surface area contributed by atoms with Gasteiger partial charge < -0.3 is 14.2 Å². The van der Waals surface area contributed by atoms with Crippen LogP contribution in [-0.4, -0.2) is 49.6 Å². The van der Waals surface area contributed by atoms with Crippen LogP contribution in [0.15, 0.2) is 47.1 Å². The summed E-state index contributed by atoms with van der Waals surface area (Å²) in [6.45, 7) is 1.24. The molecule has 6 nitrogen and oxygen atoms in total. The molecule has 1 amide bonds. The molecule has 3 rings (SSSR count). The molecule has 7 heteroatoms. The van der Waals surface area contributed by atoms with Crippen molar-refractivity contribution in [2.75, 3.05) is 27.2 Å². The molecule has 1 aliphatic rings. The quantitative estimate of drug-likeness (QED) is 0.441. The Morgan fingerprint density at radius 1 is 1.19 bits per heavy atom. The van der Waals surface area contributed by atoms with Gasteiger partial charge in [-0.15, -0.1) is 0 Å². The molecule has 1 fully saturated rings. The first-order chi connectivity index (χ1) is 12.9. The normalized spacial score (nSPS) is 19.9. The molecule has 0 bridgehead atoms. The molecular weight excluding hydrogens is 368 g/mol. The predicted molar refractivity (Wildman–Crippen MR) is 99.7 cm³/mol. The fraction of sp³-hybridized carbons (Fsp3) is 0.350. The van der Waals surface area contributed by atoms with Crippen LogP contribution in [0.4, 0.5) is 0 Å². The molecule has 2 atom stereocenters. The minimum atomic E-state index is -1.11. The molecule has 1 aliphatic heterocycles. The third kappa shape index (κ3) is 3.96. The van der Waals surface area contributed by atoms with Crippen molar-refractivity contribution in [3.8, 4) is 0 Å². The van der Waals surface area contributed by atoms with Crippen LogP contribution < -0.4 is 4.90 Å². The number of amides is 1. The summed E-state index contributed by atoms with van der Waals surface area (Å²) in [6, 6.07) is 8.99. The van der Waals surface area contributed by atoms with E-state index in [4.69, 9.17) is 16.0 Å². The zero-order valence-corrected chi connectivity index (χ0v) is 16.0. The molecule has 0 aliphatic carbocycles. The SMILES string of the molecule is C[NH+](C)CCCN1C(=O)C(=O)C(C(=O)c2ccc(Cl)cc2)C1c1ccco1. The number of likely N-dealkylation sites (tertiary alicyclic amines) is 1. The van der Waals surface area contributed by atoms with E-state index >= 15 is 0 Å². The molecule has 0 spiro atoms. The van der Waals surface area contributed by atoms with Gasteiger partial charge in [-0.1, -0.05) is 11.6 Å². The van der Waals surface area contributed by atoms with E-state index in [1.165, 1.54) is 16.1 Å². The van der Waals surface area contributed by atoms with Crippen molar-refractivity contribution in [3.63, 3.8) is 0 Å². The van der Waals surface area contributed by atoms with Crippen molar-refractivity contribution < 1.29 is 23.7 Å². The summed E-state index contributed by atoms with van der Waals surface area (Å²) in [5.74, 6) is -2.38. The topological polar surface area (TPSA) is 72.0 Å². The molecule has 2 heterocycles. The fourth-order valence-corrected chi connectivity index (χ4v) is 3.53. The van der Waals surface area contributed by atoms with E-state index in [2.05, 4.69) is 0 Å². The highest BCUT2D eigenvalue weighted by molar-refractivity contribution is 6.44. The Bertz CT molecular complexity index is 830. The van der Waals surface area contributed by atoms with Crippen LogP contribution in [-0.2, 0) is 9.59 Å². The zero-order chi connectivity index (χ0) is 19.6. The summed E-state index contributed by atoms with van der Waals surface area (Å²) in [6.07, 6.45) is 2.20. The lowest BCUT2D eigenvalue weighted by Gasteiger charge is -2.25. The molecular formula is C20H22ClN2O4+. The van der Waals surface area contributed by atoms with Crippen molar-refractivity contribution in [2.24, 2.45) is 5.92 Å². The molecule has 1 aromatic heterocycles. The molecule has 1 aromatic carbocycles. The Hall–Kier alpha value is -2.44. The number of hydrogen-bond acceptors (Lipinski definition) is 4. The van der Waals surface area contributed by atoms with Gasteiger partial charge in [0.05, 0.1) is 26.9 Å². The van der Waals surface area contributed by atoms with Gasteiger partial charge in [-0.25, -0.2) is 0 Å². The summed E-state index contributed by atoms with van der Waals surface area (Å²) in [7, 11) is 4.04. The van der Waals surface area contributed by atoms with Gasteiger partial charge in [0.25, 0.3) is 5.91 Å². The minimum absolute atomic E-state index is 0.349. The first-order valence-corrected chi connectivity index (χ1v) is 9.25. The maximum absolute atomic E-state index is 13.1. The van der Waals surface area contributed by atoms with Gasteiger partial charge in [0.1, 0.15) is 17.7 Å². The van der Waals surface area contributed by atoms with Crippen LogP contribution in [0, 0.1) is 5.92 Å². The van der Waals surface area contributed by atoms with Crippen LogP contribution in [0.2, 0.25) is 5.02 Å². The number of furan rings is 1. The summed E-state index contributed by atoms with van der Waals surface area (Å²) in [4.78, 5) is 41.1. The van der Waals surface area contributed by atoms with E-state index in [0.717, 1.165) is 13.0 Å². The smallest absolute Gasteiger partial charge is 0.291 e. The Morgan fingerprint density at radius 3 is 2.48 bits per heavy atom. The Morgan fingerprint density at radius 2 is 1.89 bits per heavy atom. The fourth-order valence-electron chi connectivity index (χ4n) is 3.40. The van der Waals surface area contributed by atoms with Crippen LogP contribution >= 0.6 is 11.6 Å². The number of nitrogens with one attached hydrogen (secondary N) is 1. The van der Waals surface area contributed by atoms with Gasteiger partial charge in [-0.05, 0) is 36.4 Å².